The molecule has 1 atom stereocenters. The standard InChI is InChI=1S/C11H17FN2O2/c12-5-1-6-14-7-4-9(15)13-10(11(14)16)8-2-3-8/h8,10H,1-7H2,(H,13,15). The molecule has 5 heteroatoms. The Morgan fingerprint density at radius 3 is 2.75 bits per heavy atom. The predicted molar refractivity (Wildman–Crippen MR) is 56.4 cm³/mol. The van der Waals surface area contributed by atoms with E-state index in [9.17, 15) is 14.0 Å². The van der Waals surface area contributed by atoms with Gasteiger partial charge in [0.15, 0.2) is 0 Å². The lowest BCUT2D eigenvalue weighted by Crippen LogP contribution is -2.46. The number of carbonyl (C=O) groups is 2. The Labute approximate surface area is 94.2 Å². The van der Waals surface area contributed by atoms with E-state index in [2.05, 4.69) is 5.32 Å². The molecule has 2 rings (SSSR count). The number of hydrogen-bond acceptors (Lipinski definition) is 2. The van der Waals surface area contributed by atoms with Crippen LogP contribution in [0.5, 0.6) is 0 Å². The third-order valence-electron chi connectivity index (χ3n) is 3.16. The molecule has 2 aliphatic rings. The van der Waals surface area contributed by atoms with Crippen LogP contribution in [0.15, 0.2) is 0 Å². The minimum absolute atomic E-state index is 0.0261. The summed E-state index contributed by atoms with van der Waals surface area (Å²) in [5.41, 5.74) is 0. The molecule has 1 aliphatic carbocycles. The molecule has 2 amide bonds. The van der Waals surface area contributed by atoms with Crippen LogP contribution in [0.4, 0.5) is 4.39 Å². The summed E-state index contributed by atoms with van der Waals surface area (Å²) in [5, 5.41) is 2.77. The quantitative estimate of drug-likeness (QED) is 0.760. The van der Waals surface area contributed by atoms with Gasteiger partial charge in [-0.1, -0.05) is 0 Å². The van der Waals surface area contributed by atoms with Crippen molar-refractivity contribution in [2.75, 3.05) is 19.8 Å². The van der Waals surface area contributed by atoms with Gasteiger partial charge in [0.1, 0.15) is 6.04 Å². The Kier molecular flexibility index (Phi) is 3.41. The maximum atomic E-state index is 12.1. The van der Waals surface area contributed by atoms with E-state index in [0.29, 0.717) is 31.8 Å². The fraction of sp³-hybridized carbons (Fsp3) is 0.818. The fourth-order valence-corrected chi connectivity index (χ4v) is 2.07. The summed E-state index contributed by atoms with van der Waals surface area (Å²) in [6.07, 6.45) is 2.71. The molecule has 2 fully saturated rings. The first-order chi connectivity index (χ1) is 7.72. The van der Waals surface area contributed by atoms with E-state index < -0.39 is 6.67 Å². The van der Waals surface area contributed by atoms with Crippen molar-refractivity contribution in [1.82, 2.24) is 10.2 Å². The Bertz CT molecular complexity index is 292. The molecule has 1 aliphatic heterocycles. The first-order valence-corrected chi connectivity index (χ1v) is 5.86. The second kappa shape index (κ2) is 4.80. The minimum atomic E-state index is -0.417. The highest BCUT2D eigenvalue weighted by atomic mass is 19.1. The normalized spacial score (nSPS) is 26.6. The lowest BCUT2D eigenvalue weighted by molar-refractivity contribution is -0.134. The predicted octanol–water partition coefficient (Wildman–Crippen LogP) is 0.473. The van der Waals surface area contributed by atoms with E-state index in [1.807, 2.05) is 0 Å². The average molecular weight is 228 g/mol. The molecular formula is C11H17FN2O2. The fourth-order valence-electron chi connectivity index (χ4n) is 2.07. The van der Waals surface area contributed by atoms with Crippen molar-refractivity contribution in [2.45, 2.75) is 31.7 Å². The Morgan fingerprint density at radius 1 is 1.38 bits per heavy atom. The SMILES string of the molecule is O=C1CCN(CCCF)C(=O)C(C2CC2)N1. The topological polar surface area (TPSA) is 49.4 Å². The van der Waals surface area contributed by atoms with Crippen LogP contribution in [0.1, 0.15) is 25.7 Å². The van der Waals surface area contributed by atoms with Crippen molar-refractivity contribution in [2.24, 2.45) is 5.92 Å². The summed E-state index contributed by atoms with van der Waals surface area (Å²) in [6, 6.07) is -0.352. The summed E-state index contributed by atoms with van der Waals surface area (Å²) >= 11 is 0. The monoisotopic (exact) mass is 228 g/mol. The van der Waals surface area contributed by atoms with Gasteiger partial charge < -0.3 is 10.2 Å². The van der Waals surface area contributed by atoms with E-state index >= 15 is 0 Å². The van der Waals surface area contributed by atoms with E-state index in [-0.39, 0.29) is 17.9 Å². The average Bonchev–Trinajstić information content (AvgIpc) is 3.08. The number of nitrogens with zero attached hydrogens (tertiary/aromatic N) is 1. The lowest BCUT2D eigenvalue weighted by atomic mass is 10.1. The molecule has 1 unspecified atom stereocenters. The molecular weight excluding hydrogens is 211 g/mol. The first kappa shape index (κ1) is 11.4. The van der Waals surface area contributed by atoms with Crippen LogP contribution in [-0.2, 0) is 9.59 Å². The van der Waals surface area contributed by atoms with Gasteiger partial charge in [-0.3, -0.25) is 14.0 Å². The van der Waals surface area contributed by atoms with Gasteiger partial charge in [0, 0.05) is 19.5 Å². The van der Waals surface area contributed by atoms with Crippen molar-refractivity contribution < 1.29 is 14.0 Å². The van der Waals surface area contributed by atoms with Gasteiger partial charge in [-0.2, -0.15) is 0 Å². The van der Waals surface area contributed by atoms with Crippen LogP contribution in [0, 0.1) is 5.92 Å². The zero-order valence-electron chi connectivity index (χ0n) is 9.25. The van der Waals surface area contributed by atoms with Gasteiger partial charge in [-0.15, -0.1) is 0 Å². The molecule has 0 spiro atoms. The molecule has 1 saturated carbocycles. The molecule has 0 aromatic rings. The summed E-state index contributed by atoms with van der Waals surface area (Å²) < 4.78 is 12.1. The Hall–Kier alpha value is -1.13. The van der Waals surface area contributed by atoms with Crippen LogP contribution in [0.3, 0.4) is 0 Å². The van der Waals surface area contributed by atoms with Gasteiger partial charge in [0.25, 0.3) is 0 Å². The third-order valence-corrected chi connectivity index (χ3v) is 3.16. The molecule has 16 heavy (non-hydrogen) atoms. The second-order valence-electron chi connectivity index (χ2n) is 4.50. The van der Waals surface area contributed by atoms with Gasteiger partial charge in [-0.05, 0) is 25.2 Å². The number of hydrogen-bond donors (Lipinski definition) is 1. The first-order valence-electron chi connectivity index (χ1n) is 5.86. The highest BCUT2D eigenvalue weighted by Gasteiger charge is 2.40. The van der Waals surface area contributed by atoms with Gasteiger partial charge >= 0.3 is 0 Å². The molecule has 90 valence electrons. The summed E-state index contributed by atoms with van der Waals surface area (Å²) in [5.74, 6) is 0.220. The number of nitrogens with one attached hydrogen (secondary N) is 1. The van der Waals surface area contributed by atoms with Gasteiger partial charge in [0.05, 0.1) is 6.67 Å². The summed E-state index contributed by atoms with van der Waals surface area (Å²) in [4.78, 5) is 25.1. The van der Waals surface area contributed by atoms with Crippen molar-refractivity contribution in [3.63, 3.8) is 0 Å². The molecule has 0 radical (unpaired) electrons. The second-order valence-corrected chi connectivity index (χ2v) is 4.50. The molecule has 4 nitrogen and oxygen atoms in total. The smallest absolute Gasteiger partial charge is 0.245 e. The maximum absolute atomic E-state index is 12.1. The van der Waals surface area contributed by atoms with Gasteiger partial charge in [0.2, 0.25) is 11.8 Å². The number of halogens is 1. The highest BCUT2D eigenvalue weighted by molar-refractivity contribution is 5.90. The largest absolute Gasteiger partial charge is 0.344 e. The highest BCUT2D eigenvalue weighted by Crippen LogP contribution is 2.34. The maximum Gasteiger partial charge on any atom is 0.245 e. The Morgan fingerprint density at radius 2 is 2.12 bits per heavy atom. The van der Waals surface area contributed by atoms with Crippen LogP contribution >= 0.6 is 0 Å². The van der Waals surface area contributed by atoms with Crippen LogP contribution in [0.2, 0.25) is 0 Å². The third kappa shape index (κ3) is 2.51. The zero-order valence-corrected chi connectivity index (χ0v) is 9.25. The van der Waals surface area contributed by atoms with Crippen LogP contribution in [0.25, 0.3) is 0 Å². The van der Waals surface area contributed by atoms with Crippen molar-refractivity contribution in [1.29, 1.82) is 0 Å². The molecule has 0 aromatic heterocycles. The lowest BCUT2D eigenvalue weighted by Gasteiger charge is -2.23. The van der Waals surface area contributed by atoms with Crippen LogP contribution in [-0.4, -0.2) is 42.5 Å². The van der Waals surface area contributed by atoms with E-state index in [4.69, 9.17) is 0 Å². The van der Waals surface area contributed by atoms with Gasteiger partial charge in [-0.25, -0.2) is 0 Å². The van der Waals surface area contributed by atoms with E-state index in [1.165, 1.54) is 0 Å². The number of alkyl halides is 1. The molecule has 0 bridgehead atoms. The molecule has 1 heterocycles. The number of rotatable bonds is 4. The Balaban J connectivity index is 2.01. The summed E-state index contributed by atoms with van der Waals surface area (Å²) in [6.45, 7) is 0.431. The zero-order chi connectivity index (χ0) is 11.5. The number of carbonyl (C=O) groups excluding carboxylic acids is 2. The molecule has 1 N–H and O–H groups in total. The summed E-state index contributed by atoms with van der Waals surface area (Å²) in [7, 11) is 0. The van der Waals surface area contributed by atoms with Crippen molar-refractivity contribution in [3.05, 3.63) is 0 Å². The van der Waals surface area contributed by atoms with E-state index in [0.717, 1.165) is 12.8 Å². The van der Waals surface area contributed by atoms with Crippen molar-refractivity contribution >= 4 is 11.8 Å². The van der Waals surface area contributed by atoms with Crippen molar-refractivity contribution in [3.8, 4) is 0 Å². The number of amides is 2. The molecule has 0 aromatic carbocycles. The molecule has 1 saturated heterocycles. The van der Waals surface area contributed by atoms with Crippen LogP contribution < -0.4 is 5.32 Å². The minimum Gasteiger partial charge on any atom is -0.344 e. The van der Waals surface area contributed by atoms with E-state index in [1.54, 1.807) is 4.90 Å².